The second-order valence-electron chi connectivity index (χ2n) is 5.51. The van der Waals surface area contributed by atoms with E-state index in [0.29, 0.717) is 0 Å². The molecule has 0 saturated heterocycles. The first-order valence-corrected chi connectivity index (χ1v) is 6.20. The number of carbonyl (C=O) groups is 2. The van der Waals surface area contributed by atoms with Crippen molar-refractivity contribution in [3.8, 4) is 0 Å². The second kappa shape index (κ2) is 7.17. The molecule has 1 rings (SSSR count). The summed E-state index contributed by atoms with van der Waals surface area (Å²) < 4.78 is 0. The highest BCUT2D eigenvalue weighted by Gasteiger charge is 2.31. The second-order valence-corrected chi connectivity index (χ2v) is 5.51. The molecule has 0 aliphatic rings. The predicted molar refractivity (Wildman–Crippen MR) is 75.4 cm³/mol. The Morgan fingerprint density at radius 2 is 1.35 bits per heavy atom. The van der Waals surface area contributed by atoms with Gasteiger partial charge in [0, 0.05) is 6.42 Å². The van der Waals surface area contributed by atoms with Crippen molar-refractivity contribution in [2.24, 2.45) is 0 Å². The van der Waals surface area contributed by atoms with E-state index in [1.54, 1.807) is 52.0 Å². The van der Waals surface area contributed by atoms with Crippen LogP contribution in [-0.4, -0.2) is 38.3 Å². The molecular formula is C15H22O5. The summed E-state index contributed by atoms with van der Waals surface area (Å²) in [7, 11) is 0. The molecule has 0 bridgehead atoms. The fraction of sp³-hybridized carbons (Fsp3) is 0.467. The van der Waals surface area contributed by atoms with Crippen LogP contribution in [0.3, 0.4) is 0 Å². The average Bonchev–Trinajstić information content (AvgIpc) is 2.28. The van der Waals surface area contributed by atoms with Crippen LogP contribution in [0.15, 0.2) is 30.3 Å². The van der Waals surface area contributed by atoms with Crippen molar-refractivity contribution >= 4 is 11.8 Å². The Kier molecular flexibility index (Phi) is 6.55. The lowest BCUT2D eigenvalue weighted by atomic mass is 9.90. The largest absolute Gasteiger partial charge is 0.475 e. The molecule has 3 N–H and O–H groups in total. The van der Waals surface area contributed by atoms with E-state index in [0.717, 1.165) is 5.56 Å². The van der Waals surface area contributed by atoms with E-state index in [1.807, 2.05) is 6.07 Å². The molecular weight excluding hydrogens is 260 g/mol. The normalized spacial score (nSPS) is 11.3. The van der Waals surface area contributed by atoms with Gasteiger partial charge in [-0.1, -0.05) is 30.3 Å². The number of aliphatic hydroxyl groups is 2. The summed E-state index contributed by atoms with van der Waals surface area (Å²) in [5, 5.41) is 26.5. The van der Waals surface area contributed by atoms with Crippen LogP contribution in [0.1, 0.15) is 33.3 Å². The van der Waals surface area contributed by atoms with E-state index < -0.39 is 23.0 Å². The molecule has 20 heavy (non-hydrogen) atoms. The lowest BCUT2D eigenvalue weighted by Crippen LogP contribution is -2.44. The fourth-order valence-electron chi connectivity index (χ4n) is 0.857. The summed E-state index contributed by atoms with van der Waals surface area (Å²) >= 11 is 0. The highest BCUT2D eigenvalue weighted by Crippen LogP contribution is 2.19. The minimum atomic E-state index is -1.38. The van der Waals surface area contributed by atoms with Crippen molar-refractivity contribution < 1.29 is 24.9 Å². The van der Waals surface area contributed by atoms with E-state index in [-0.39, 0.29) is 6.42 Å². The van der Waals surface area contributed by atoms with Crippen LogP contribution in [0.25, 0.3) is 0 Å². The molecule has 0 fully saturated rings. The molecule has 5 heteroatoms. The van der Waals surface area contributed by atoms with Crippen LogP contribution in [-0.2, 0) is 16.0 Å². The Morgan fingerprint density at radius 3 is 1.65 bits per heavy atom. The molecule has 0 spiro atoms. The van der Waals surface area contributed by atoms with Gasteiger partial charge in [0.1, 0.15) is 0 Å². The number of hydrogen-bond acceptors (Lipinski definition) is 4. The molecule has 0 aromatic heterocycles. The number of Topliss-reactive ketones (excluding diaryl/α,β-unsaturated/α-hetero) is 1. The number of carbonyl (C=O) groups excluding carboxylic acids is 1. The van der Waals surface area contributed by atoms with Crippen molar-refractivity contribution in [3.63, 3.8) is 0 Å². The Labute approximate surface area is 118 Å². The van der Waals surface area contributed by atoms with Gasteiger partial charge >= 0.3 is 5.97 Å². The molecule has 0 atom stereocenters. The monoisotopic (exact) mass is 282 g/mol. The number of hydrogen-bond donors (Lipinski definition) is 3. The Hall–Kier alpha value is -1.72. The minimum Gasteiger partial charge on any atom is -0.475 e. The third-order valence-electron chi connectivity index (χ3n) is 2.94. The first-order chi connectivity index (χ1) is 8.95. The van der Waals surface area contributed by atoms with Gasteiger partial charge in [-0.2, -0.15) is 0 Å². The summed E-state index contributed by atoms with van der Waals surface area (Å²) in [5.41, 5.74) is -1.29. The molecule has 0 amide bonds. The Balaban J connectivity index is 0.000000396. The fourth-order valence-corrected chi connectivity index (χ4v) is 0.857. The number of rotatable bonds is 4. The first-order valence-electron chi connectivity index (χ1n) is 6.20. The van der Waals surface area contributed by atoms with Gasteiger partial charge in [-0.05, 0) is 33.3 Å². The van der Waals surface area contributed by atoms with Crippen LogP contribution in [0.4, 0.5) is 0 Å². The molecule has 0 aliphatic carbocycles. The third kappa shape index (κ3) is 7.01. The number of ketones is 1. The Bertz CT molecular complexity index is 426. The van der Waals surface area contributed by atoms with Crippen molar-refractivity contribution in [2.75, 3.05) is 0 Å². The smallest absolute Gasteiger partial charge is 0.372 e. The SMILES string of the molecule is CC(C)(O)C(C)(C)O.O=C(O)C(=O)Cc1ccccc1. The molecule has 0 heterocycles. The number of carboxylic acid groups (broad SMARTS) is 1. The van der Waals surface area contributed by atoms with Crippen LogP contribution < -0.4 is 0 Å². The number of benzene rings is 1. The zero-order chi connectivity index (χ0) is 16.0. The van der Waals surface area contributed by atoms with Crippen LogP contribution in [0.2, 0.25) is 0 Å². The van der Waals surface area contributed by atoms with Gasteiger partial charge in [0.25, 0.3) is 0 Å². The van der Waals surface area contributed by atoms with Gasteiger partial charge in [-0.15, -0.1) is 0 Å². The number of carboxylic acids is 1. The van der Waals surface area contributed by atoms with Crippen molar-refractivity contribution in [1.82, 2.24) is 0 Å². The summed E-state index contributed by atoms with van der Waals surface area (Å²) in [6, 6.07) is 8.80. The summed E-state index contributed by atoms with van der Waals surface area (Å²) in [6.45, 7) is 6.31. The van der Waals surface area contributed by atoms with Gasteiger partial charge in [-0.3, -0.25) is 4.79 Å². The predicted octanol–water partition coefficient (Wildman–Crippen LogP) is 1.41. The van der Waals surface area contributed by atoms with Gasteiger partial charge in [-0.25, -0.2) is 4.79 Å². The van der Waals surface area contributed by atoms with Gasteiger partial charge in [0.05, 0.1) is 11.2 Å². The lowest BCUT2D eigenvalue weighted by Gasteiger charge is -2.31. The van der Waals surface area contributed by atoms with Crippen molar-refractivity contribution in [3.05, 3.63) is 35.9 Å². The van der Waals surface area contributed by atoms with Crippen LogP contribution >= 0.6 is 0 Å². The highest BCUT2D eigenvalue weighted by molar-refractivity contribution is 6.33. The van der Waals surface area contributed by atoms with Crippen molar-refractivity contribution in [2.45, 2.75) is 45.3 Å². The van der Waals surface area contributed by atoms with E-state index in [4.69, 9.17) is 15.3 Å². The Morgan fingerprint density at radius 1 is 0.950 bits per heavy atom. The topological polar surface area (TPSA) is 94.8 Å². The lowest BCUT2D eigenvalue weighted by molar-refractivity contribution is -0.148. The summed E-state index contributed by atoms with van der Waals surface area (Å²) in [6.07, 6.45) is -0.0316. The zero-order valence-electron chi connectivity index (χ0n) is 12.3. The standard InChI is InChI=1S/C9H8O3.C6H14O2/c10-8(9(11)12)6-7-4-2-1-3-5-7;1-5(2,7)6(3,4)8/h1-5H,6H2,(H,11,12);7-8H,1-4H3. The molecule has 0 unspecified atom stereocenters. The quantitative estimate of drug-likeness (QED) is 0.726. The summed E-state index contributed by atoms with van der Waals surface area (Å²) in [5.74, 6) is -2.15. The minimum absolute atomic E-state index is 0.0316. The molecule has 1 aromatic rings. The maximum absolute atomic E-state index is 10.7. The number of aliphatic carboxylic acids is 1. The maximum Gasteiger partial charge on any atom is 0.372 e. The molecule has 5 nitrogen and oxygen atoms in total. The highest BCUT2D eigenvalue weighted by atomic mass is 16.4. The molecule has 0 saturated carbocycles. The van der Waals surface area contributed by atoms with Crippen molar-refractivity contribution in [1.29, 1.82) is 0 Å². The molecule has 112 valence electrons. The van der Waals surface area contributed by atoms with Crippen LogP contribution in [0.5, 0.6) is 0 Å². The van der Waals surface area contributed by atoms with Crippen LogP contribution in [0, 0.1) is 0 Å². The van der Waals surface area contributed by atoms with E-state index in [2.05, 4.69) is 0 Å². The average molecular weight is 282 g/mol. The molecule has 0 aliphatic heterocycles. The van der Waals surface area contributed by atoms with Gasteiger partial charge in [0.15, 0.2) is 0 Å². The molecule has 1 aromatic carbocycles. The molecule has 0 radical (unpaired) electrons. The van der Waals surface area contributed by atoms with E-state index in [9.17, 15) is 9.59 Å². The summed E-state index contributed by atoms with van der Waals surface area (Å²) in [4.78, 5) is 20.9. The maximum atomic E-state index is 10.7. The first kappa shape index (κ1) is 18.3. The van der Waals surface area contributed by atoms with E-state index in [1.165, 1.54) is 0 Å². The van der Waals surface area contributed by atoms with Gasteiger partial charge < -0.3 is 15.3 Å². The van der Waals surface area contributed by atoms with Gasteiger partial charge in [0.2, 0.25) is 5.78 Å². The van der Waals surface area contributed by atoms with E-state index >= 15 is 0 Å². The zero-order valence-corrected chi connectivity index (χ0v) is 12.3. The third-order valence-corrected chi connectivity index (χ3v) is 2.94.